The summed E-state index contributed by atoms with van der Waals surface area (Å²) >= 11 is 0. The molecule has 0 radical (unpaired) electrons. The minimum absolute atomic E-state index is 0.415. The first-order valence-electron chi connectivity index (χ1n) is 5.30. The highest BCUT2D eigenvalue weighted by molar-refractivity contribution is 5.34. The van der Waals surface area contributed by atoms with Gasteiger partial charge in [-0.2, -0.15) is 0 Å². The molecule has 0 aromatic rings. The molecule has 0 unspecified atom stereocenters. The highest BCUT2D eigenvalue weighted by Crippen LogP contribution is 2.27. The van der Waals surface area contributed by atoms with Crippen molar-refractivity contribution in [3.05, 3.63) is 23.3 Å². The maximum absolute atomic E-state index is 9.90. The molecule has 1 aliphatic carbocycles. The van der Waals surface area contributed by atoms with E-state index in [2.05, 4.69) is 9.98 Å². The average Bonchev–Trinajstić information content (AvgIpc) is 2.30. The zero-order valence-corrected chi connectivity index (χ0v) is 9.11. The number of allylic oxidation sites excluding steroid dienone is 2. The number of hydrogen-bond acceptors (Lipinski definition) is 4. The van der Waals surface area contributed by atoms with Crippen LogP contribution >= 0.6 is 0 Å². The number of carbonyl (C=O) groups excluding carboxylic acids is 2. The molecule has 0 aliphatic heterocycles. The van der Waals surface area contributed by atoms with Gasteiger partial charge < -0.3 is 0 Å². The summed E-state index contributed by atoms with van der Waals surface area (Å²) in [5, 5.41) is 0. The lowest BCUT2D eigenvalue weighted by atomic mass is 9.90. The highest BCUT2D eigenvalue weighted by Gasteiger charge is 2.09. The molecule has 1 aliphatic rings. The van der Waals surface area contributed by atoms with Crippen molar-refractivity contribution in [1.29, 1.82) is 0 Å². The topological polar surface area (TPSA) is 58.9 Å². The van der Waals surface area contributed by atoms with Crippen molar-refractivity contribution in [2.45, 2.75) is 25.7 Å². The van der Waals surface area contributed by atoms with Gasteiger partial charge in [0, 0.05) is 0 Å². The van der Waals surface area contributed by atoms with Gasteiger partial charge in [-0.1, -0.05) is 23.3 Å². The second-order valence-corrected chi connectivity index (χ2v) is 3.62. The third-order valence-corrected chi connectivity index (χ3v) is 2.52. The van der Waals surface area contributed by atoms with Gasteiger partial charge in [-0.05, 0) is 25.7 Å². The summed E-state index contributed by atoms with van der Waals surface area (Å²) in [6.07, 6.45) is 11.1. The van der Waals surface area contributed by atoms with Crippen LogP contribution in [0.4, 0.5) is 0 Å². The van der Waals surface area contributed by atoms with Gasteiger partial charge in [0.1, 0.15) is 0 Å². The fourth-order valence-corrected chi connectivity index (χ4v) is 1.78. The summed E-state index contributed by atoms with van der Waals surface area (Å²) in [6, 6.07) is 0. The first kappa shape index (κ1) is 12.3. The average molecular weight is 218 g/mol. The van der Waals surface area contributed by atoms with Crippen LogP contribution < -0.4 is 0 Å². The highest BCUT2D eigenvalue weighted by atomic mass is 16.1. The first-order valence-corrected chi connectivity index (χ1v) is 5.30. The predicted molar refractivity (Wildman–Crippen MR) is 60.6 cm³/mol. The predicted octanol–water partition coefficient (Wildman–Crippen LogP) is 2.08. The van der Waals surface area contributed by atoms with E-state index in [-0.39, 0.29) is 0 Å². The van der Waals surface area contributed by atoms with Gasteiger partial charge in [-0.25, -0.2) is 19.6 Å². The van der Waals surface area contributed by atoms with E-state index in [0.29, 0.717) is 13.1 Å². The molecule has 0 N–H and O–H groups in total. The van der Waals surface area contributed by atoms with Crippen LogP contribution in [0, 0.1) is 0 Å². The summed E-state index contributed by atoms with van der Waals surface area (Å²) in [5.41, 5.74) is 2.60. The Balaban J connectivity index is 2.52. The van der Waals surface area contributed by atoms with E-state index in [4.69, 9.17) is 0 Å². The Morgan fingerprint density at radius 2 is 1.50 bits per heavy atom. The molecule has 0 aromatic carbocycles. The zero-order valence-electron chi connectivity index (χ0n) is 9.11. The Bertz CT molecular complexity index is 348. The van der Waals surface area contributed by atoms with Crippen LogP contribution in [0.2, 0.25) is 0 Å². The van der Waals surface area contributed by atoms with Crippen LogP contribution in [0.5, 0.6) is 0 Å². The second kappa shape index (κ2) is 7.52. The quantitative estimate of drug-likeness (QED) is 0.412. The molecular formula is C12H14N2O2. The van der Waals surface area contributed by atoms with E-state index in [1.165, 1.54) is 23.3 Å². The first-order chi connectivity index (χ1) is 7.86. The monoisotopic (exact) mass is 218 g/mol. The Morgan fingerprint density at radius 3 is 1.94 bits per heavy atom. The van der Waals surface area contributed by atoms with Crippen molar-refractivity contribution in [3.63, 3.8) is 0 Å². The molecule has 0 bridgehead atoms. The summed E-state index contributed by atoms with van der Waals surface area (Å²) in [6.45, 7) is 0.831. The van der Waals surface area contributed by atoms with Crippen molar-refractivity contribution in [1.82, 2.24) is 0 Å². The van der Waals surface area contributed by atoms with E-state index >= 15 is 0 Å². The molecule has 0 aromatic heterocycles. The molecule has 16 heavy (non-hydrogen) atoms. The normalized spacial score (nSPS) is 20.2. The van der Waals surface area contributed by atoms with Crippen LogP contribution in [-0.4, -0.2) is 25.2 Å². The number of isocyanates is 2. The van der Waals surface area contributed by atoms with Crippen molar-refractivity contribution < 1.29 is 9.59 Å². The van der Waals surface area contributed by atoms with E-state index in [0.717, 1.165) is 25.7 Å². The lowest BCUT2D eigenvalue weighted by Gasteiger charge is -2.17. The van der Waals surface area contributed by atoms with Gasteiger partial charge >= 0.3 is 0 Å². The molecule has 0 saturated heterocycles. The Kier molecular flexibility index (Phi) is 5.79. The second-order valence-electron chi connectivity index (χ2n) is 3.62. The van der Waals surface area contributed by atoms with Gasteiger partial charge in [-0.15, -0.1) is 0 Å². The van der Waals surface area contributed by atoms with Crippen LogP contribution in [-0.2, 0) is 9.59 Å². The molecular weight excluding hydrogens is 204 g/mol. The van der Waals surface area contributed by atoms with Gasteiger partial charge in [0.15, 0.2) is 0 Å². The smallest absolute Gasteiger partial charge is 0.211 e. The Labute approximate surface area is 94.5 Å². The fraction of sp³-hybridized carbons (Fsp3) is 0.500. The van der Waals surface area contributed by atoms with Crippen LogP contribution in [0.3, 0.4) is 0 Å². The van der Waals surface area contributed by atoms with E-state index in [1.807, 2.05) is 12.2 Å². The number of nitrogens with zero attached hydrogens (tertiary/aromatic N) is 2. The lowest BCUT2D eigenvalue weighted by molar-refractivity contribution is 0.563. The molecule has 1 saturated carbocycles. The van der Waals surface area contributed by atoms with Gasteiger partial charge in [0.05, 0.1) is 13.1 Å². The molecule has 84 valence electrons. The fourth-order valence-electron chi connectivity index (χ4n) is 1.78. The maximum Gasteiger partial charge on any atom is 0.235 e. The largest absolute Gasteiger partial charge is 0.235 e. The molecule has 0 atom stereocenters. The van der Waals surface area contributed by atoms with Gasteiger partial charge in [-0.3, -0.25) is 0 Å². The summed E-state index contributed by atoms with van der Waals surface area (Å²) in [5.74, 6) is 0. The van der Waals surface area contributed by atoms with E-state index in [9.17, 15) is 9.59 Å². The Hall–Kier alpha value is -1.76. The summed E-state index contributed by atoms with van der Waals surface area (Å²) < 4.78 is 0. The molecule has 1 fully saturated rings. The van der Waals surface area contributed by atoms with E-state index in [1.54, 1.807) is 0 Å². The van der Waals surface area contributed by atoms with Crippen molar-refractivity contribution in [3.8, 4) is 0 Å². The third-order valence-electron chi connectivity index (χ3n) is 2.52. The van der Waals surface area contributed by atoms with Gasteiger partial charge in [0.2, 0.25) is 12.2 Å². The minimum atomic E-state index is 0.415. The molecule has 0 heterocycles. The minimum Gasteiger partial charge on any atom is -0.211 e. The number of hydrogen-bond donors (Lipinski definition) is 0. The zero-order chi connectivity index (χ0) is 11.6. The lowest BCUT2D eigenvalue weighted by Crippen LogP contribution is -1.99. The Morgan fingerprint density at radius 1 is 1.00 bits per heavy atom. The van der Waals surface area contributed by atoms with Crippen LogP contribution in [0.25, 0.3) is 0 Å². The maximum atomic E-state index is 9.90. The number of aliphatic imine (C=N–C) groups is 2. The standard InChI is InChI=1S/C12H14N2O2/c15-9-13-6-4-11-2-1-3-12(8-11)5-7-14-10-16/h4-5H,1-3,6-8H2. The third kappa shape index (κ3) is 4.65. The number of rotatable bonds is 4. The van der Waals surface area contributed by atoms with Crippen LogP contribution in [0.15, 0.2) is 33.3 Å². The van der Waals surface area contributed by atoms with Gasteiger partial charge in [0.25, 0.3) is 0 Å². The molecule has 4 heteroatoms. The molecule has 4 nitrogen and oxygen atoms in total. The van der Waals surface area contributed by atoms with Crippen molar-refractivity contribution >= 4 is 12.2 Å². The van der Waals surface area contributed by atoms with Crippen molar-refractivity contribution in [2.75, 3.05) is 13.1 Å². The SMILES string of the molecule is O=C=NCC=C1CCCC(=CCN=C=O)C1. The van der Waals surface area contributed by atoms with E-state index < -0.39 is 0 Å². The molecule has 0 spiro atoms. The summed E-state index contributed by atoms with van der Waals surface area (Å²) in [4.78, 5) is 26.8. The molecule has 0 amide bonds. The van der Waals surface area contributed by atoms with Crippen molar-refractivity contribution in [2.24, 2.45) is 9.98 Å². The van der Waals surface area contributed by atoms with Crippen LogP contribution in [0.1, 0.15) is 25.7 Å². The molecule has 1 rings (SSSR count). The summed E-state index contributed by atoms with van der Waals surface area (Å²) in [7, 11) is 0.